The number of unbranched alkanes of at least 4 members (excludes halogenated alkanes) is 1. The van der Waals surface area contributed by atoms with Gasteiger partial charge in [-0.25, -0.2) is 9.36 Å². The van der Waals surface area contributed by atoms with Gasteiger partial charge >= 0.3 is 13.8 Å². The summed E-state index contributed by atoms with van der Waals surface area (Å²) in [5, 5.41) is 8.43. The van der Waals surface area contributed by atoms with Crippen LogP contribution < -0.4 is 0 Å². The molecule has 0 aliphatic carbocycles. The molecule has 7 heteroatoms. The van der Waals surface area contributed by atoms with E-state index in [2.05, 4.69) is 15.6 Å². The Labute approximate surface area is 88.1 Å². The van der Waals surface area contributed by atoms with E-state index in [-0.39, 0.29) is 18.8 Å². The molecule has 6 nitrogen and oxygen atoms in total. The summed E-state index contributed by atoms with van der Waals surface area (Å²) in [6.07, 6.45) is 0.861. The second-order valence-corrected chi connectivity index (χ2v) is 4.27. The van der Waals surface area contributed by atoms with E-state index in [1.165, 1.54) is 6.92 Å². The quantitative estimate of drug-likeness (QED) is 0.390. The zero-order chi connectivity index (χ0) is 11.9. The van der Waals surface area contributed by atoms with E-state index in [0.29, 0.717) is 12.8 Å². The summed E-state index contributed by atoms with van der Waals surface area (Å²) in [6, 6.07) is 0. The van der Waals surface area contributed by atoms with Crippen molar-refractivity contribution < 1.29 is 28.4 Å². The molecular formula is C8H15O6P. The highest BCUT2D eigenvalue weighted by Crippen LogP contribution is 2.43. The highest BCUT2D eigenvalue weighted by atomic mass is 31.2. The SMILES string of the molecule is C=C(C)C(=O)OP(=O)(O)OCCCCO. The first-order chi connectivity index (χ1) is 6.89. The van der Waals surface area contributed by atoms with Crippen LogP contribution in [0.5, 0.6) is 0 Å². The third-order valence-electron chi connectivity index (χ3n) is 1.35. The Morgan fingerprint density at radius 1 is 1.47 bits per heavy atom. The molecular weight excluding hydrogens is 223 g/mol. The number of aliphatic hydroxyl groups is 1. The molecule has 0 fully saturated rings. The van der Waals surface area contributed by atoms with Gasteiger partial charge in [0.05, 0.1) is 6.61 Å². The van der Waals surface area contributed by atoms with Gasteiger partial charge in [-0.05, 0) is 19.8 Å². The number of rotatable bonds is 7. The summed E-state index contributed by atoms with van der Waals surface area (Å²) in [6.45, 7) is 4.53. The molecule has 0 aliphatic rings. The maximum atomic E-state index is 11.1. The van der Waals surface area contributed by atoms with Gasteiger partial charge in [0.15, 0.2) is 0 Å². The van der Waals surface area contributed by atoms with Crippen LogP contribution in [0.15, 0.2) is 12.2 Å². The molecule has 2 N–H and O–H groups in total. The Hall–Kier alpha value is -0.680. The average Bonchev–Trinajstić information content (AvgIpc) is 2.11. The lowest BCUT2D eigenvalue weighted by molar-refractivity contribution is -0.131. The lowest BCUT2D eigenvalue weighted by atomic mass is 10.3. The van der Waals surface area contributed by atoms with Crippen LogP contribution in [-0.4, -0.2) is 29.2 Å². The van der Waals surface area contributed by atoms with Gasteiger partial charge in [-0.15, -0.1) is 0 Å². The molecule has 0 bridgehead atoms. The Balaban J connectivity index is 3.92. The third-order valence-corrected chi connectivity index (χ3v) is 2.26. The smallest absolute Gasteiger partial charge is 0.396 e. The number of carbonyl (C=O) groups is 1. The molecule has 0 heterocycles. The molecule has 0 saturated heterocycles. The molecule has 1 atom stereocenters. The Bertz CT molecular complexity index is 274. The van der Waals surface area contributed by atoms with Crippen LogP contribution in [0.1, 0.15) is 19.8 Å². The van der Waals surface area contributed by atoms with Crippen molar-refractivity contribution in [2.75, 3.05) is 13.2 Å². The van der Waals surface area contributed by atoms with Crippen LogP contribution >= 0.6 is 7.82 Å². The summed E-state index contributed by atoms with van der Waals surface area (Å²) >= 11 is 0. The first-order valence-corrected chi connectivity index (χ1v) is 5.86. The molecule has 15 heavy (non-hydrogen) atoms. The molecule has 88 valence electrons. The van der Waals surface area contributed by atoms with Crippen molar-refractivity contribution >= 4 is 13.8 Å². The number of aliphatic hydroxyl groups excluding tert-OH is 1. The average molecular weight is 238 g/mol. The number of hydrogen-bond donors (Lipinski definition) is 2. The zero-order valence-corrected chi connectivity index (χ0v) is 9.40. The van der Waals surface area contributed by atoms with E-state index in [0.717, 1.165) is 0 Å². The van der Waals surface area contributed by atoms with E-state index in [9.17, 15) is 9.36 Å². The number of phosphoric acid groups is 1. The van der Waals surface area contributed by atoms with Crippen LogP contribution in [0.3, 0.4) is 0 Å². The second-order valence-electron chi connectivity index (χ2n) is 2.89. The number of phosphoric ester groups is 1. The van der Waals surface area contributed by atoms with Gasteiger partial charge in [-0.2, -0.15) is 0 Å². The van der Waals surface area contributed by atoms with E-state index in [4.69, 9.17) is 10.00 Å². The fourth-order valence-corrected chi connectivity index (χ4v) is 1.38. The fraction of sp³-hybridized carbons (Fsp3) is 0.625. The molecule has 0 aromatic heterocycles. The number of carbonyl (C=O) groups excluding carboxylic acids is 1. The lowest BCUT2D eigenvalue weighted by Crippen LogP contribution is -2.05. The van der Waals surface area contributed by atoms with Gasteiger partial charge in [0.2, 0.25) is 0 Å². The van der Waals surface area contributed by atoms with E-state index in [1.807, 2.05) is 0 Å². The molecule has 0 amide bonds. The first-order valence-electron chi connectivity index (χ1n) is 4.36. The summed E-state index contributed by atoms with van der Waals surface area (Å²) in [5.41, 5.74) is 0.0169. The molecule has 0 saturated carbocycles. The topological polar surface area (TPSA) is 93.1 Å². The highest BCUT2D eigenvalue weighted by Gasteiger charge is 2.25. The minimum Gasteiger partial charge on any atom is -0.396 e. The predicted octanol–water partition coefficient (Wildman–Crippen LogP) is 0.995. The Kier molecular flexibility index (Phi) is 6.43. The molecule has 1 unspecified atom stereocenters. The van der Waals surface area contributed by atoms with Gasteiger partial charge in [0.25, 0.3) is 0 Å². The monoisotopic (exact) mass is 238 g/mol. The van der Waals surface area contributed by atoms with Crippen LogP contribution in [0.25, 0.3) is 0 Å². The summed E-state index contributed by atoms with van der Waals surface area (Å²) < 4.78 is 19.7. The maximum Gasteiger partial charge on any atom is 0.529 e. The van der Waals surface area contributed by atoms with Gasteiger partial charge < -0.3 is 9.63 Å². The Morgan fingerprint density at radius 3 is 2.53 bits per heavy atom. The van der Waals surface area contributed by atoms with Crippen LogP contribution in [0.2, 0.25) is 0 Å². The van der Waals surface area contributed by atoms with Gasteiger partial charge in [-0.1, -0.05) is 6.58 Å². The summed E-state index contributed by atoms with van der Waals surface area (Å²) in [4.78, 5) is 19.9. The van der Waals surface area contributed by atoms with Crippen molar-refractivity contribution in [3.63, 3.8) is 0 Å². The molecule has 0 aromatic carbocycles. The molecule has 0 aromatic rings. The van der Waals surface area contributed by atoms with Gasteiger partial charge in [0.1, 0.15) is 0 Å². The van der Waals surface area contributed by atoms with Gasteiger partial charge in [0, 0.05) is 12.2 Å². The largest absolute Gasteiger partial charge is 0.529 e. The van der Waals surface area contributed by atoms with E-state index in [1.54, 1.807) is 0 Å². The third kappa shape index (κ3) is 7.27. The minimum atomic E-state index is -4.33. The highest BCUT2D eigenvalue weighted by molar-refractivity contribution is 7.48. The van der Waals surface area contributed by atoms with Crippen molar-refractivity contribution in [1.82, 2.24) is 0 Å². The zero-order valence-electron chi connectivity index (χ0n) is 8.51. The van der Waals surface area contributed by atoms with Crippen LogP contribution in [0, 0.1) is 0 Å². The standard InChI is InChI=1S/C8H15O6P/c1-7(2)8(10)14-15(11,12)13-6-4-3-5-9/h9H,1,3-6H2,2H3,(H,11,12). The Morgan fingerprint density at radius 2 is 2.07 bits per heavy atom. The van der Waals surface area contributed by atoms with Crippen molar-refractivity contribution in [3.8, 4) is 0 Å². The van der Waals surface area contributed by atoms with Crippen molar-refractivity contribution in [1.29, 1.82) is 0 Å². The van der Waals surface area contributed by atoms with Crippen LogP contribution in [-0.2, 0) is 18.4 Å². The maximum absolute atomic E-state index is 11.1. The van der Waals surface area contributed by atoms with E-state index >= 15 is 0 Å². The number of hydrogen-bond acceptors (Lipinski definition) is 5. The minimum absolute atomic E-state index is 0.0169. The summed E-state index contributed by atoms with van der Waals surface area (Å²) in [5.74, 6) is -0.969. The first kappa shape index (κ1) is 14.3. The predicted molar refractivity (Wildman–Crippen MR) is 53.0 cm³/mol. The lowest BCUT2D eigenvalue weighted by Gasteiger charge is -2.11. The van der Waals surface area contributed by atoms with Crippen molar-refractivity contribution in [2.24, 2.45) is 0 Å². The fourth-order valence-electron chi connectivity index (χ4n) is 0.603. The molecule has 0 radical (unpaired) electrons. The second kappa shape index (κ2) is 6.74. The van der Waals surface area contributed by atoms with E-state index < -0.39 is 13.8 Å². The van der Waals surface area contributed by atoms with Crippen LogP contribution in [0.4, 0.5) is 0 Å². The summed E-state index contributed by atoms with van der Waals surface area (Å²) in [7, 11) is -4.33. The van der Waals surface area contributed by atoms with Crippen molar-refractivity contribution in [2.45, 2.75) is 19.8 Å². The molecule has 0 spiro atoms. The van der Waals surface area contributed by atoms with Gasteiger partial charge in [-0.3, -0.25) is 9.42 Å². The molecule has 0 rings (SSSR count). The van der Waals surface area contributed by atoms with Crippen molar-refractivity contribution in [3.05, 3.63) is 12.2 Å². The normalized spacial score (nSPS) is 14.3. The molecule has 0 aliphatic heterocycles.